The van der Waals surface area contributed by atoms with Crippen LogP contribution in [-0.4, -0.2) is 280 Å². The second kappa shape index (κ2) is 76.2. The Morgan fingerprint density at radius 2 is 0.514 bits per heavy atom. The van der Waals surface area contributed by atoms with Gasteiger partial charge in [0, 0.05) is 25.9 Å². The zero-order valence-electron chi connectivity index (χ0n) is 88.1. The number of aliphatic carboxylic acids is 1. The number of carboxylic acids is 1. The van der Waals surface area contributed by atoms with Crippen molar-refractivity contribution in [1.82, 2.24) is 95.7 Å². The molecule has 0 aliphatic rings. The fraction of sp³-hybridized carbons (Fsp3) is 0.690. The Bertz CT molecular complexity index is 4370. The highest BCUT2D eigenvalue weighted by Crippen LogP contribution is 2.19. The number of nitrogens with one attached hydrogen (secondary N) is 20. The fourth-order valence-electron chi connectivity index (χ4n) is 16.0. The lowest BCUT2D eigenvalue weighted by Crippen LogP contribution is -2.61. The first-order valence-corrected chi connectivity index (χ1v) is 52.4. The maximum Gasteiger partial charge on any atom is 0.326 e. The number of carbonyl (C=O) groups excluding carboxylic acids is 16. The Morgan fingerprint density at radius 1 is 0.277 bits per heavy atom. The molecule has 0 aliphatic heterocycles. The van der Waals surface area contributed by atoms with Crippen LogP contribution in [0.15, 0.2) is 60.7 Å². The summed E-state index contributed by atoms with van der Waals surface area (Å²) in [6.45, 7) is 14.8. The Balaban J connectivity index is 2.62. The summed E-state index contributed by atoms with van der Waals surface area (Å²) in [6.07, 6.45) is 5.87. The first kappa shape index (κ1) is 132. The normalized spacial score (nSPS) is 14.5. The summed E-state index contributed by atoms with van der Waals surface area (Å²) < 4.78 is 0. The van der Waals surface area contributed by atoms with E-state index in [0.29, 0.717) is 101 Å². The van der Waals surface area contributed by atoms with Crippen molar-refractivity contribution in [2.45, 2.75) is 345 Å². The average molecular weight is 2090 g/mol. The van der Waals surface area contributed by atoms with Gasteiger partial charge in [-0.1, -0.05) is 122 Å². The fourth-order valence-corrected chi connectivity index (χ4v) is 16.0. The van der Waals surface area contributed by atoms with E-state index < -0.39 is 216 Å². The highest BCUT2D eigenvalue weighted by Gasteiger charge is 2.40. The number of carbonyl (C=O) groups is 17. The SMILES string of the molecule is CC[C@H](C)[C@H](NC(=O)[C@H](CCCCN)NC(=O)[C@H](CCCNC(=N)N)NC(=O)[C@H](CC(C)C)NC(=O)[C@H](CC(C)C)NC(=O)[C@H](CCCCN)NC(=O)[C@H](CCCCN)NC(=O)[C@H](Cc1ccccc1)NC(=O)[C@H](CC(C)C)NC(=O)CNC(=O)[C@@H](N)CCCNC(=N)N)C(=O)N[C@@H](CCCCN)C(=O)N[C@@H](CCCCN)C(=O)NCC(=O)N[C@@H](Cc1ccccc1)C(=O)N[C@@H](CCCCN)C(=O)N[C@@H](CCCCN)C(=O)O. The molecule has 0 aromatic heterocycles. The third-order valence-electron chi connectivity index (χ3n) is 24.5. The van der Waals surface area contributed by atoms with Crippen molar-refractivity contribution in [3.05, 3.63) is 71.8 Å². The van der Waals surface area contributed by atoms with Gasteiger partial charge in [0.15, 0.2) is 11.9 Å². The molecule has 0 aliphatic carbocycles. The van der Waals surface area contributed by atoms with Crippen molar-refractivity contribution < 1.29 is 86.6 Å². The molecule has 48 heteroatoms. The molecule has 48 nitrogen and oxygen atoms in total. The van der Waals surface area contributed by atoms with Gasteiger partial charge in [0.05, 0.1) is 19.1 Å². The lowest BCUT2D eigenvalue weighted by atomic mass is 9.96. The predicted octanol–water partition coefficient (Wildman–Crippen LogP) is -3.48. The lowest BCUT2D eigenvalue weighted by molar-refractivity contribution is -0.142. The second-order valence-corrected chi connectivity index (χ2v) is 38.9. The zero-order valence-corrected chi connectivity index (χ0v) is 88.1. The minimum absolute atomic E-state index is 0.00366. The molecule has 16 atom stereocenters. The molecule has 2 aromatic rings. The first-order valence-electron chi connectivity index (χ1n) is 52.4. The third-order valence-corrected chi connectivity index (χ3v) is 24.5. The van der Waals surface area contributed by atoms with Gasteiger partial charge >= 0.3 is 5.97 Å². The molecule has 2 rings (SSSR count). The summed E-state index contributed by atoms with van der Waals surface area (Å²) in [4.78, 5) is 244. The van der Waals surface area contributed by atoms with Gasteiger partial charge in [-0.15, -0.1) is 0 Å². The van der Waals surface area contributed by atoms with Gasteiger partial charge in [-0.05, 0) is 260 Å². The van der Waals surface area contributed by atoms with Crippen LogP contribution in [0.4, 0.5) is 0 Å². The van der Waals surface area contributed by atoms with E-state index in [2.05, 4.69) is 95.7 Å². The molecule has 836 valence electrons. The molecule has 41 N–H and O–H groups in total. The summed E-state index contributed by atoms with van der Waals surface area (Å²) >= 11 is 0. The van der Waals surface area contributed by atoms with Crippen LogP contribution in [0.1, 0.15) is 253 Å². The average Bonchev–Trinajstić information content (AvgIpc) is 0.846. The standard InChI is InChI=1S/C100H178N30O18/c1-9-64(8)83(97(146)125-72(41-20-27-49-105)87(136)119-68(37-16-23-45-101)85(134)116-60-82(132)118-79(57-65-32-12-10-13-33-65)95(144)122-70(39-18-25-47-103)89(138)126-75(98(147)148)43-22-29-51-107)130-91(140)73(42-21-28-50-106)121-88(137)74(44-31-53-114-100(111)112)124-93(142)77(55-62(4)5)128-94(143)78(56-63(6)7)127-90(139)71(40-19-26-48-104)120-86(135)69(38-17-24-46-102)123-96(145)80(58-66-34-14-11-15-35-66)129-92(141)76(54-61(2)3)117-81(131)59-115-84(133)67(108)36-30-52-113-99(109)110/h10-15,32-35,61-64,67-80,83H,9,16-31,36-60,101-108H2,1-8H3,(H,115,133)(H,116,134)(H,117,131)(H,118,132)(H,119,136)(H,120,135)(H,121,137)(H,122,144)(H,123,145)(H,124,142)(H,125,146)(H,126,138)(H,127,139)(H,128,143)(H,129,141)(H,130,140)(H,147,148)(H4,109,110,113)(H4,111,112,114)/t64-,67-,68-,69-,70-,71-,72-,73-,74-,75-,76-,77-,78-,79-,80-,83-/m0/s1. The number of amides is 16. The molecule has 16 amide bonds. The summed E-state index contributed by atoms with van der Waals surface area (Å²) in [5.41, 5.74) is 59.4. The molecule has 0 unspecified atom stereocenters. The molecule has 0 heterocycles. The Hall–Kier alpha value is -12.3. The predicted molar refractivity (Wildman–Crippen MR) is 565 cm³/mol. The van der Waals surface area contributed by atoms with Crippen molar-refractivity contribution >= 4 is 112 Å². The number of carboxylic acid groups (broad SMARTS) is 1. The molecule has 0 bridgehead atoms. The Kier molecular flexibility index (Phi) is 67.8. The van der Waals surface area contributed by atoms with E-state index in [1.807, 2.05) is 13.8 Å². The molecule has 0 spiro atoms. The van der Waals surface area contributed by atoms with Crippen molar-refractivity contribution in [1.29, 1.82) is 10.8 Å². The minimum Gasteiger partial charge on any atom is -0.480 e. The zero-order chi connectivity index (χ0) is 111. The molecule has 0 saturated carbocycles. The Morgan fingerprint density at radius 3 is 0.818 bits per heavy atom. The van der Waals surface area contributed by atoms with Crippen molar-refractivity contribution in [2.24, 2.45) is 81.0 Å². The molecule has 0 saturated heterocycles. The van der Waals surface area contributed by atoms with Crippen molar-refractivity contribution in [3.63, 3.8) is 0 Å². The smallest absolute Gasteiger partial charge is 0.326 e. The van der Waals surface area contributed by atoms with Gasteiger partial charge in [0.2, 0.25) is 94.5 Å². The van der Waals surface area contributed by atoms with Gasteiger partial charge in [-0.25, -0.2) is 4.79 Å². The van der Waals surface area contributed by atoms with E-state index in [1.54, 1.807) is 102 Å². The monoisotopic (exact) mass is 2090 g/mol. The van der Waals surface area contributed by atoms with E-state index in [4.69, 9.17) is 68.2 Å². The molecular weight excluding hydrogens is 1910 g/mol. The van der Waals surface area contributed by atoms with Gasteiger partial charge in [0.25, 0.3) is 0 Å². The highest BCUT2D eigenvalue weighted by molar-refractivity contribution is 6.01. The topological polar surface area (TPSA) is 835 Å². The molecule has 0 radical (unpaired) electrons. The van der Waals surface area contributed by atoms with Crippen LogP contribution in [-0.2, 0) is 94.3 Å². The van der Waals surface area contributed by atoms with Gasteiger partial charge in [0.1, 0.15) is 84.6 Å². The summed E-state index contributed by atoms with van der Waals surface area (Å²) in [5.74, 6) is -16.3. The van der Waals surface area contributed by atoms with Crippen LogP contribution in [0.3, 0.4) is 0 Å². The Labute approximate surface area is 871 Å². The number of benzene rings is 2. The first-order chi connectivity index (χ1) is 70.5. The molecule has 0 fully saturated rings. The van der Waals surface area contributed by atoms with Crippen LogP contribution >= 0.6 is 0 Å². The van der Waals surface area contributed by atoms with E-state index in [9.17, 15) is 67.4 Å². The van der Waals surface area contributed by atoms with E-state index in [1.165, 1.54) is 0 Å². The maximum absolute atomic E-state index is 15.1. The summed E-state index contributed by atoms with van der Waals surface area (Å²) in [6, 6.07) is -2.73. The van der Waals surface area contributed by atoms with Crippen LogP contribution in [0.5, 0.6) is 0 Å². The van der Waals surface area contributed by atoms with E-state index in [-0.39, 0.29) is 192 Å². The van der Waals surface area contributed by atoms with E-state index in [0.717, 1.165) is 0 Å². The van der Waals surface area contributed by atoms with Crippen LogP contribution in [0, 0.1) is 34.5 Å². The van der Waals surface area contributed by atoms with Gasteiger partial charge < -0.3 is 158 Å². The van der Waals surface area contributed by atoms with Crippen molar-refractivity contribution in [2.75, 3.05) is 72.0 Å². The van der Waals surface area contributed by atoms with Gasteiger partial charge in [-0.2, -0.15) is 0 Å². The quantitative estimate of drug-likeness (QED) is 0.0174. The third kappa shape index (κ3) is 56.2. The van der Waals surface area contributed by atoms with Crippen molar-refractivity contribution in [3.8, 4) is 0 Å². The van der Waals surface area contributed by atoms with E-state index >= 15 is 19.2 Å². The van der Waals surface area contributed by atoms with Crippen LogP contribution in [0.25, 0.3) is 0 Å². The highest BCUT2D eigenvalue weighted by atomic mass is 16.4. The number of guanidine groups is 2. The number of rotatable bonds is 81. The number of nitrogens with two attached hydrogens (primary N) is 10. The van der Waals surface area contributed by atoms with Crippen LogP contribution < -0.4 is 153 Å². The summed E-state index contributed by atoms with van der Waals surface area (Å²) in [7, 11) is 0. The number of hydrogen-bond donors (Lipinski definition) is 31. The number of hydrogen-bond acceptors (Lipinski definition) is 27. The maximum atomic E-state index is 15.1. The van der Waals surface area contributed by atoms with Crippen LogP contribution in [0.2, 0.25) is 0 Å². The minimum atomic E-state index is -1.48. The molecule has 148 heavy (non-hydrogen) atoms. The lowest BCUT2D eigenvalue weighted by Gasteiger charge is -2.30. The largest absolute Gasteiger partial charge is 0.480 e. The summed E-state index contributed by atoms with van der Waals surface area (Å²) in [5, 5.41) is 74.0. The molecular formula is C100H178N30O18. The number of unbranched alkanes of at least 4 members (excludes halogenated alkanes) is 7. The molecule has 2 aromatic carbocycles. The van der Waals surface area contributed by atoms with Gasteiger partial charge in [-0.3, -0.25) is 87.5 Å². The second-order valence-electron chi connectivity index (χ2n) is 38.9.